The average molecular weight is 375 g/mol. The molecular weight excluding hydrogens is 363 g/mol. The molecule has 1 aromatic carbocycles. The topological polar surface area (TPSA) is 123 Å². The Balaban J connectivity index is 3.05. The normalized spacial score (nSPS) is 12.2. The lowest BCUT2D eigenvalue weighted by Gasteiger charge is -2.09. The van der Waals surface area contributed by atoms with E-state index in [9.17, 15) is 21.6 Å². The van der Waals surface area contributed by atoms with E-state index in [2.05, 4.69) is 5.32 Å². The summed E-state index contributed by atoms with van der Waals surface area (Å²) in [7, 11) is -7.35. The SMILES string of the molecule is CS(=O)(=O)CCNC(=O)c1cc(S(N)(=O)=O)c(Cl)cc1Cl. The molecule has 0 unspecified atom stereocenters. The van der Waals surface area contributed by atoms with Gasteiger partial charge in [-0.05, 0) is 12.1 Å². The molecule has 0 spiro atoms. The van der Waals surface area contributed by atoms with E-state index >= 15 is 0 Å². The summed E-state index contributed by atoms with van der Waals surface area (Å²) in [5, 5.41) is 6.99. The predicted molar refractivity (Wildman–Crippen MR) is 79.9 cm³/mol. The molecular formula is C10H12Cl2N2O5S2. The van der Waals surface area contributed by atoms with Crippen molar-refractivity contribution in [1.82, 2.24) is 5.32 Å². The van der Waals surface area contributed by atoms with Gasteiger partial charge in [0.15, 0.2) is 0 Å². The van der Waals surface area contributed by atoms with Gasteiger partial charge in [-0.1, -0.05) is 23.2 Å². The molecule has 0 fully saturated rings. The van der Waals surface area contributed by atoms with Crippen LogP contribution in [0.25, 0.3) is 0 Å². The highest BCUT2D eigenvalue weighted by Crippen LogP contribution is 2.27. The number of amides is 1. The summed E-state index contributed by atoms with van der Waals surface area (Å²) >= 11 is 11.5. The first-order valence-corrected chi connectivity index (χ1v) is 9.76. The van der Waals surface area contributed by atoms with Crippen molar-refractivity contribution < 1.29 is 21.6 Å². The highest BCUT2D eigenvalue weighted by Gasteiger charge is 2.19. The molecule has 0 bridgehead atoms. The molecule has 0 aliphatic rings. The molecule has 11 heteroatoms. The molecule has 0 atom stereocenters. The van der Waals surface area contributed by atoms with Gasteiger partial charge in [-0.3, -0.25) is 4.79 Å². The second-order valence-corrected chi connectivity index (χ2v) is 8.80. The highest BCUT2D eigenvalue weighted by molar-refractivity contribution is 7.90. The predicted octanol–water partition coefficient (Wildman–Crippen LogP) is 0.415. The summed E-state index contributed by atoms with van der Waals surface area (Å²) in [6.07, 6.45) is 1.02. The Labute approximate surface area is 132 Å². The molecule has 0 saturated heterocycles. The van der Waals surface area contributed by atoms with Crippen molar-refractivity contribution in [2.75, 3.05) is 18.6 Å². The number of carbonyl (C=O) groups is 1. The molecule has 0 aromatic heterocycles. The van der Waals surface area contributed by atoms with Gasteiger partial charge in [0, 0.05) is 12.8 Å². The summed E-state index contributed by atoms with van der Waals surface area (Å²) in [5.41, 5.74) is -0.168. The van der Waals surface area contributed by atoms with Crippen LogP contribution in [-0.2, 0) is 19.9 Å². The molecule has 3 N–H and O–H groups in total. The number of sulfone groups is 1. The van der Waals surface area contributed by atoms with E-state index in [0.717, 1.165) is 18.4 Å². The lowest BCUT2D eigenvalue weighted by Crippen LogP contribution is -2.29. The van der Waals surface area contributed by atoms with Crippen molar-refractivity contribution in [3.05, 3.63) is 27.7 Å². The zero-order valence-corrected chi connectivity index (χ0v) is 13.9. The standard InChI is InChI=1S/C10H12Cl2N2O5S2/c1-20(16,17)3-2-14-10(15)6-4-9(21(13,18)19)8(12)5-7(6)11/h4-5H,2-3H2,1H3,(H,14,15)(H2,13,18,19). The number of carbonyl (C=O) groups excluding carboxylic acids is 1. The van der Waals surface area contributed by atoms with Crippen molar-refractivity contribution in [1.29, 1.82) is 0 Å². The minimum absolute atomic E-state index is 0.0794. The van der Waals surface area contributed by atoms with E-state index in [1.807, 2.05) is 0 Å². The quantitative estimate of drug-likeness (QED) is 0.772. The Morgan fingerprint density at radius 1 is 1.19 bits per heavy atom. The number of hydrogen-bond acceptors (Lipinski definition) is 5. The van der Waals surface area contributed by atoms with E-state index in [-0.39, 0.29) is 27.9 Å². The first-order valence-electron chi connectivity index (χ1n) is 5.39. The Hall–Kier alpha value is -0.870. The number of sulfonamides is 1. The van der Waals surface area contributed by atoms with Crippen molar-refractivity contribution in [2.45, 2.75) is 4.90 Å². The summed E-state index contributed by atoms with van der Waals surface area (Å²) in [4.78, 5) is 11.4. The molecule has 0 heterocycles. The number of benzene rings is 1. The molecule has 0 aliphatic heterocycles. The summed E-state index contributed by atoms with van der Waals surface area (Å²) in [6, 6.07) is 2.02. The number of rotatable bonds is 5. The first kappa shape index (κ1) is 18.2. The highest BCUT2D eigenvalue weighted by atomic mass is 35.5. The second-order valence-electron chi connectivity index (χ2n) is 4.19. The maximum absolute atomic E-state index is 11.9. The van der Waals surface area contributed by atoms with Crippen LogP contribution in [0.1, 0.15) is 10.4 Å². The number of primary sulfonamides is 1. The van der Waals surface area contributed by atoms with Crippen LogP contribution in [0, 0.1) is 0 Å². The van der Waals surface area contributed by atoms with Crippen LogP contribution in [0.15, 0.2) is 17.0 Å². The Morgan fingerprint density at radius 3 is 2.24 bits per heavy atom. The molecule has 7 nitrogen and oxygen atoms in total. The van der Waals surface area contributed by atoms with Gasteiger partial charge in [0.05, 0.1) is 21.4 Å². The van der Waals surface area contributed by atoms with E-state index < -0.39 is 30.7 Å². The molecule has 1 aromatic rings. The third-order valence-electron chi connectivity index (χ3n) is 2.33. The van der Waals surface area contributed by atoms with Crippen LogP contribution in [0.2, 0.25) is 10.0 Å². The van der Waals surface area contributed by atoms with Crippen molar-refractivity contribution in [3.63, 3.8) is 0 Å². The number of nitrogens with one attached hydrogen (secondary N) is 1. The minimum Gasteiger partial charge on any atom is -0.351 e. The van der Waals surface area contributed by atoms with Crippen molar-refractivity contribution in [2.24, 2.45) is 5.14 Å². The largest absolute Gasteiger partial charge is 0.351 e. The van der Waals surface area contributed by atoms with Gasteiger partial charge in [-0.2, -0.15) is 0 Å². The molecule has 0 aliphatic carbocycles. The monoisotopic (exact) mass is 374 g/mol. The Bertz CT molecular complexity index is 775. The van der Waals surface area contributed by atoms with Crippen LogP contribution in [0.4, 0.5) is 0 Å². The van der Waals surface area contributed by atoms with E-state index in [1.54, 1.807) is 0 Å². The maximum Gasteiger partial charge on any atom is 0.252 e. The van der Waals surface area contributed by atoms with Crippen LogP contribution in [0.5, 0.6) is 0 Å². The zero-order chi connectivity index (χ0) is 16.4. The molecule has 118 valence electrons. The fourth-order valence-electron chi connectivity index (χ4n) is 1.37. The van der Waals surface area contributed by atoms with Gasteiger partial charge in [0.1, 0.15) is 14.7 Å². The Kier molecular flexibility index (Phi) is 5.62. The lowest BCUT2D eigenvalue weighted by molar-refractivity contribution is 0.0956. The molecule has 1 amide bonds. The number of hydrogen-bond donors (Lipinski definition) is 2. The van der Waals surface area contributed by atoms with Crippen LogP contribution < -0.4 is 10.5 Å². The summed E-state index contributed by atoms with van der Waals surface area (Å²) in [5.74, 6) is -0.989. The molecule has 0 saturated carbocycles. The lowest BCUT2D eigenvalue weighted by atomic mass is 10.2. The smallest absolute Gasteiger partial charge is 0.252 e. The number of nitrogens with two attached hydrogens (primary N) is 1. The van der Waals surface area contributed by atoms with Gasteiger partial charge in [0.25, 0.3) is 5.91 Å². The van der Waals surface area contributed by atoms with Crippen molar-refractivity contribution >= 4 is 49.0 Å². The summed E-state index contributed by atoms with van der Waals surface area (Å²) < 4.78 is 44.6. The third kappa shape index (κ3) is 5.44. The van der Waals surface area contributed by atoms with Gasteiger partial charge in [0.2, 0.25) is 10.0 Å². The van der Waals surface area contributed by atoms with Crippen LogP contribution >= 0.6 is 23.2 Å². The van der Waals surface area contributed by atoms with Crippen LogP contribution in [0.3, 0.4) is 0 Å². The van der Waals surface area contributed by atoms with Crippen LogP contribution in [-0.4, -0.2) is 41.3 Å². The Morgan fingerprint density at radius 2 is 1.76 bits per heavy atom. The van der Waals surface area contributed by atoms with Gasteiger partial charge in [-0.25, -0.2) is 22.0 Å². The fourth-order valence-corrected chi connectivity index (χ4v) is 3.24. The molecule has 0 radical (unpaired) electrons. The first-order chi connectivity index (χ1) is 9.42. The van der Waals surface area contributed by atoms with E-state index in [4.69, 9.17) is 28.3 Å². The van der Waals surface area contributed by atoms with Gasteiger partial charge >= 0.3 is 0 Å². The zero-order valence-electron chi connectivity index (χ0n) is 10.8. The molecule has 21 heavy (non-hydrogen) atoms. The summed E-state index contributed by atoms with van der Waals surface area (Å²) in [6.45, 7) is -0.138. The average Bonchev–Trinajstić information content (AvgIpc) is 2.24. The third-order valence-corrected chi connectivity index (χ3v) is 4.97. The molecule has 1 rings (SSSR count). The number of halogens is 2. The maximum atomic E-state index is 11.9. The minimum atomic E-state index is -4.12. The fraction of sp³-hybridized carbons (Fsp3) is 0.300. The second kappa shape index (κ2) is 6.49. The van der Waals surface area contributed by atoms with Crippen molar-refractivity contribution in [3.8, 4) is 0 Å². The van der Waals surface area contributed by atoms with Gasteiger partial charge in [-0.15, -0.1) is 0 Å². The van der Waals surface area contributed by atoms with E-state index in [0.29, 0.717) is 0 Å². The van der Waals surface area contributed by atoms with Gasteiger partial charge < -0.3 is 5.32 Å². The van der Waals surface area contributed by atoms with E-state index in [1.165, 1.54) is 0 Å².